The fourth-order valence-electron chi connectivity index (χ4n) is 2.66. The summed E-state index contributed by atoms with van der Waals surface area (Å²) in [6.45, 7) is 7.29. The van der Waals surface area contributed by atoms with Crippen molar-refractivity contribution in [3.8, 4) is 0 Å². The third kappa shape index (κ3) is 3.61. The molecule has 18 heavy (non-hydrogen) atoms. The fourth-order valence-corrected chi connectivity index (χ4v) is 2.66. The van der Waals surface area contributed by atoms with E-state index in [0.717, 1.165) is 31.8 Å². The smallest absolute Gasteiger partial charge is 0.410 e. The Morgan fingerprint density at radius 3 is 2.11 bits per heavy atom. The highest BCUT2D eigenvalue weighted by atomic mass is 16.6. The van der Waals surface area contributed by atoms with Crippen molar-refractivity contribution in [3.05, 3.63) is 0 Å². The number of carbonyl (C=O) groups is 1. The summed E-state index contributed by atoms with van der Waals surface area (Å²) in [4.78, 5) is 13.7. The third-order valence-corrected chi connectivity index (χ3v) is 3.90. The predicted octanol–water partition coefficient (Wildman–Crippen LogP) is 2.37. The average Bonchev–Trinajstić information content (AvgIpc) is 3.10. The fraction of sp³-hybridized carbons (Fsp3) is 0.929. The first kappa shape index (κ1) is 13.7. The summed E-state index contributed by atoms with van der Waals surface area (Å²) in [5.41, 5.74) is 5.84. The number of amides is 1. The highest BCUT2D eigenvalue weighted by molar-refractivity contribution is 5.68. The summed E-state index contributed by atoms with van der Waals surface area (Å²) in [7, 11) is 0. The second-order valence-corrected chi connectivity index (χ2v) is 6.72. The quantitative estimate of drug-likeness (QED) is 0.823. The van der Waals surface area contributed by atoms with Gasteiger partial charge in [0.1, 0.15) is 5.60 Å². The maximum absolute atomic E-state index is 11.9. The summed E-state index contributed by atoms with van der Waals surface area (Å²) in [6.07, 6.45) is 4.47. The van der Waals surface area contributed by atoms with Crippen molar-refractivity contribution >= 4 is 6.09 Å². The first-order chi connectivity index (χ1) is 8.37. The van der Waals surface area contributed by atoms with E-state index in [1.54, 1.807) is 0 Å². The molecule has 4 nitrogen and oxygen atoms in total. The van der Waals surface area contributed by atoms with E-state index < -0.39 is 5.60 Å². The molecule has 1 aliphatic carbocycles. The molecule has 1 aliphatic heterocycles. The van der Waals surface area contributed by atoms with Crippen LogP contribution in [-0.2, 0) is 4.74 Å². The van der Waals surface area contributed by atoms with Gasteiger partial charge in [-0.15, -0.1) is 0 Å². The Balaban J connectivity index is 1.77. The minimum absolute atomic E-state index is 0.180. The molecule has 2 fully saturated rings. The summed E-state index contributed by atoms with van der Waals surface area (Å²) in [6, 6.07) is 0.353. The van der Waals surface area contributed by atoms with E-state index >= 15 is 0 Å². The zero-order valence-corrected chi connectivity index (χ0v) is 11.8. The van der Waals surface area contributed by atoms with Gasteiger partial charge < -0.3 is 15.4 Å². The van der Waals surface area contributed by atoms with E-state index in [9.17, 15) is 4.79 Å². The lowest BCUT2D eigenvalue weighted by atomic mass is 9.87. The molecule has 0 aromatic rings. The highest BCUT2D eigenvalue weighted by Crippen LogP contribution is 2.37. The van der Waals surface area contributed by atoms with Crippen molar-refractivity contribution < 1.29 is 9.53 Å². The number of piperidine rings is 1. The van der Waals surface area contributed by atoms with Gasteiger partial charge in [0, 0.05) is 19.1 Å². The number of hydrogen-bond donors (Lipinski definition) is 1. The van der Waals surface area contributed by atoms with Gasteiger partial charge in [0.15, 0.2) is 0 Å². The van der Waals surface area contributed by atoms with Crippen molar-refractivity contribution in [2.75, 3.05) is 13.1 Å². The molecule has 1 saturated heterocycles. The van der Waals surface area contributed by atoms with Crippen LogP contribution in [0, 0.1) is 11.8 Å². The summed E-state index contributed by atoms with van der Waals surface area (Å²) in [5.74, 6) is 1.35. The Hall–Kier alpha value is -0.770. The SMILES string of the molecule is CC(C)(C)OC(=O)N1CCC(C(N)C2CC2)CC1. The second kappa shape index (κ2) is 5.08. The van der Waals surface area contributed by atoms with Gasteiger partial charge in [0.05, 0.1) is 0 Å². The van der Waals surface area contributed by atoms with Gasteiger partial charge in [0.2, 0.25) is 0 Å². The molecule has 0 bridgehead atoms. The van der Waals surface area contributed by atoms with E-state index in [-0.39, 0.29) is 6.09 Å². The Bertz CT molecular complexity index is 299. The van der Waals surface area contributed by atoms with Crippen LogP contribution in [0.5, 0.6) is 0 Å². The normalized spacial score (nSPS) is 23.9. The van der Waals surface area contributed by atoms with Crippen molar-refractivity contribution in [1.29, 1.82) is 0 Å². The summed E-state index contributed by atoms with van der Waals surface area (Å²) >= 11 is 0. The van der Waals surface area contributed by atoms with Crippen LogP contribution in [0.25, 0.3) is 0 Å². The Morgan fingerprint density at radius 1 is 1.17 bits per heavy atom. The lowest BCUT2D eigenvalue weighted by Gasteiger charge is -2.35. The molecule has 4 heteroatoms. The minimum atomic E-state index is -0.404. The van der Waals surface area contributed by atoms with Crippen LogP contribution in [-0.4, -0.2) is 35.7 Å². The van der Waals surface area contributed by atoms with Crippen LogP contribution >= 0.6 is 0 Å². The van der Waals surface area contributed by atoms with Crippen LogP contribution in [0.4, 0.5) is 4.79 Å². The van der Waals surface area contributed by atoms with Crippen molar-refractivity contribution in [2.24, 2.45) is 17.6 Å². The average molecular weight is 254 g/mol. The van der Waals surface area contributed by atoms with Crippen LogP contribution in [0.2, 0.25) is 0 Å². The monoisotopic (exact) mass is 254 g/mol. The highest BCUT2D eigenvalue weighted by Gasteiger charge is 2.36. The second-order valence-electron chi connectivity index (χ2n) is 6.72. The van der Waals surface area contributed by atoms with E-state index in [0.29, 0.717) is 12.0 Å². The van der Waals surface area contributed by atoms with Crippen LogP contribution < -0.4 is 5.73 Å². The summed E-state index contributed by atoms with van der Waals surface area (Å²) < 4.78 is 5.39. The predicted molar refractivity (Wildman–Crippen MR) is 71.2 cm³/mol. The molecule has 0 radical (unpaired) electrons. The van der Waals surface area contributed by atoms with Crippen molar-refractivity contribution in [2.45, 2.75) is 58.1 Å². The van der Waals surface area contributed by atoms with Crippen LogP contribution in [0.3, 0.4) is 0 Å². The zero-order chi connectivity index (χ0) is 13.3. The molecule has 104 valence electrons. The van der Waals surface area contributed by atoms with E-state index in [1.165, 1.54) is 12.8 Å². The number of hydrogen-bond acceptors (Lipinski definition) is 3. The molecule has 1 amide bonds. The Morgan fingerprint density at radius 2 is 1.67 bits per heavy atom. The van der Waals surface area contributed by atoms with Crippen molar-refractivity contribution in [3.63, 3.8) is 0 Å². The van der Waals surface area contributed by atoms with E-state index in [4.69, 9.17) is 10.5 Å². The molecule has 1 unspecified atom stereocenters. The van der Waals surface area contributed by atoms with Gasteiger partial charge >= 0.3 is 6.09 Å². The van der Waals surface area contributed by atoms with Gasteiger partial charge in [-0.05, 0) is 58.3 Å². The van der Waals surface area contributed by atoms with E-state index in [1.807, 2.05) is 25.7 Å². The summed E-state index contributed by atoms with van der Waals surface area (Å²) in [5, 5.41) is 0. The molecule has 2 aliphatic rings. The molecule has 0 aromatic carbocycles. The first-order valence-electron chi connectivity index (χ1n) is 7.10. The lowest BCUT2D eigenvalue weighted by Crippen LogP contribution is -2.45. The van der Waals surface area contributed by atoms with Crippen LogP contribution in [0.15, 0.2) is 0 Å². The third-order valence-electron chi connectivity index (χ3n) is 3.90. The number of likely N-dealkylation sites (tertiary alicyclic amines) is 1. The van der Waals surface area contributed by atoms with Gasteiger partial charge in [0.25, 0.3) is 0 Å². The number of carbonyl (C=O) groups excluding carboxylic acids is 1. The molecular formula is C14H26N2O2. The Kier molecular flexibility index (Phi) is 3.85. The maximum atomic E-state index is 11.9. The van der Waals surface area contributed by atoms with Gasteiger partial charge in [-0.3, -0.25) is 0 Å². The number of rotatable bonds is 2. The molecule has 0 spiro atoms. The number of nitrogens with two attached hydrogens (primary N) is 1. The molecule has 1 saturated carbocycles. The van der Waals surface area contributed by atoms with Crippen LogP contribution in [0.1, 0.15) is 46.5 Å². The molecule has 2 N–H and O–H groups in total. The molecule has 1 atom stereocenters. The number of nitrogens with zero attached hydrogens (tertiary/aromatic N) is 1. The Labute approximate surface area is 110 Å². The van der Waals surface area contributed by atoms with Gasteiger partial charge in [-0.25, -0.2) is 4.79 Å². The van der Waals surface area contributed by atoms with E-state index in [2.05, 4.69) is 0 Å². The standard InChI is InChI=1S/C14H26N2O2/c1-14(2,3)18-13(17)16-8-6-11(7-9-16)12(15)10-4-5-10/h10-12H,4-9,15H2,1-3H3. The molecular weight excluding hydrogens is 228 g/mol. The molecule has 1 heterocycles. The van der Waals surface area contributed by atoms with Crippen molar-refractivity contribution in [1.82, 2.24) is 4.90 Å². The zero-order valence-electron chi connectivity index (χ0n) is 11.8. The van der Waals surface area contributed by atoms with Gasteiger partial charge in [-0.2, -0.15) is 0 Å². The minimum Gasteiger partial charge on any atom is -0.444 e. The molecule has 0 aromatic heterocycles. The molecule has 2 rings (SSSR count). The number of ether oxygens (including phenoxy) is 1. The van der Waals surface area contributed by atoms with Gasteiger partial charge in [-0.1, -0.05) is 0 Å². The first-order valence-corrected chi connectivity index (χ1v) is 7.10. The maximum Gasteiger partial charge on any atom is 0.410 e. The largest absolute Gasteiger partial charge is 0.444 e. The lowest BCUT2D eigenvalue weighted by molar-refractivity contribution is 0.0172. The topological polar surface area (TPSA) is 55.6 Å².